The molecule has 0 unspecified atom stereocenters. The molecule has 1 saturated heterocycles. The van der Waals surface area contributed by atoms with Gasteiger partial charge in [0.1, 0.15) is 5.75 Å². The Morgan fingerprint density at radius 2 is 1.71 bits per heavy atom. The van der Waals surface area contributed by atoms with Crippen LogP contribution < -0.4 is 10.1 Å². The molecule has 5 heteroatoms. The molecule has 2 aromatic rings. The number of hydrogen-bond donors (Lipinski definition) is 1. The first kappa shape index (κ1) is 20.0. The summed E-state index contributed by atoms with van der Waals surface area (Å²) in [7, 11) is 0. The second-order valence-electron chi connectivity index (χ2n) is 7.19. The number of nitrogens with one attached hydrogen (secondary N) is 1. The Labute approximate surface area is 167 Å². The van der Waals surface area contributed by atoms with Crippen LogP contribution >= 0.6 is 0 Å². The van der Waals surface area contributed by atoms with E-state index in [1.54, 1.807) is 0 Å². The first-order valence-corrected chi connectivity index (χ1v) is 9.87. The summed E-state index contributed by atoms with van der Waals surface area (Å²) < 4.78 is 5.78. The maximum absolute atomic E-state index is 12.6. The Morgan fingerprint density at radius 1 is 1.04 bits per heavy atom. The van der Waals surface area contributed by atoms with Crippen molar-refractivity contribution in [3.05, 3.63) is 66.2 Å². The van der Waals surface area contributed by atoms with Crippen LogP contribution in [0.4, 0.5) is 10.5 Å². The molecule has 3 rings (SSSR count). The zero-order chi connectivity index (χ0) is 19.8. The van der Waals surface area contributed by atoms with Gasteiger partial charge in [0.2, 0.25) is 0 Å². The number of ether oxygens (including phenoxy) is 1. The lowest BCUT2D eigenvalue weighted by Gasteiger charge is -2.34. The highest BCUT2D eigenvalue weighted by Crippen LogP contribution is 2.25. The lowest BCUT2D eigenvalue weighted by molar-refractivity contribution is 0.155. The van der Waals surface area contributed by atoms with Crippen LogP contribution in [0.3, 0.4) is 0 Å². The molecular weight excluding hydrogens is 350 g/mol. The Hall–Kier alpha value is -2.79. The highest BCUT2D eigenvalue weighted by Gasteiger charge is 2.21. The molecule has 1 heterocycles. The number of urea groups is 1. The molecule has 0 bridgehead atoms. The zero-order valence-electron chi connectivity index (χ0n) is 16.7. The van der Waals surface area contributed by atoms with Crippen LogP contribution in [0.1, 0.15) is 19.4 Å². The van der Waals surface area contributed by atoms with E-state index in [9.17, 15) is 4.79 Å². The topological polar surface area (TPSA) is 44.8 Å². The number of hydrogen-bond acceptors (Lipinski definition) is 3. The number of rotatable bonds is 6. The minimum Gasteiger partial charge on any atom is -0.489 e. The van der Waals surface area contributed by atoms with Crippen LogP contribution in [0, 0.1) is 0 Å². The number of carbonyl (C=O) groups excluding carboxylic acids is 1. The third-order valence-corrected chi connectivity index (χ3v) is 4.62. The second kappa shape index (κ2) is 9.95. The number of nitrogens with zero attached hydrogens (tertiary/aromatic N) is 2. The first-order chi connectivity index (χ1) is 13.6. The molecule has 2 aromatic carbocycles. The SMILES string of the molecule is CC(C)Oc1ccccc1NC(=O)N1CCN(C/C=C/c2ccccc2)CC1. The molecule has 0 aromatic heterocycles. The van der Waals surface area contributed by atoms with E-state index < -0.39 is 0 Å². The average Bonchev–Trinajstić information content (AvgIpc) is 2.70. The number of anilines is 1. The fraction of sp³-hybridized carbons (Fsp3) is 0.348. The van der Waals surface area contributed by atoms with Gasteiger partial charge in [-0.2, -0.15) is 0 Å². The van der Waals surface area contributed by atoms with E-state index in [0.29, 0.717) is 5.75 Å². The molecule has 0 atom stereocenters. The van der Waals surface area contributed by atoms with Gasteiger partial charge in [-0.25, -0.2) is 4.79 Å². The Kier molecular flexibility index (Phi) is 7.09. The third-order valence-electron chi connectivity index (χ3n) is 4.62. The van der Waals surface area contributed by atoms with E-state index in [1.165, 1.54) is 5.56 Å². The summed E-state index contributed by atoms with van der Waals surface area (Å²) >= 11 is 0. The van der Waals surface area contributed by atoms with Gasteiger partial charge in [-0.05, 0) is 31.5 Å². The summed E-state index contributed by atoms with van der Waals surface area (Å²) in [5.41, 5.74) is 1.93. The summed E-state index contributed by atoms with van der Waals surface area (Å²) in [6, 6.07) is 17.8. The van der Waals surface area contributed by atoms with Gasteiger partial charge in [-0.3, -0.25) is 4.90 Å². The lowest BCUT2D eigenvalue weighted by atomic mass is 10.2. The second-order valence-corrected chi connectivity index (χ2v) is 7.19. The minimum absolute atomic E-state index is 0.0607. The van der Waals surface area contributed by atoms with Crippen LogP contribution in [0.2, 0.25) is 0 Å². The number of para-hydroxylation sites is 2. The van der Waals surface area contributed by atoms with Crippen molar-refractivity contribution in [3.63, 3.8) is 0 Å². The molecule has 0 radical (unpaired) electrons. The predicted octanol–water partition coefficient (Wildman–Crippen LogP) is 4.34. The van der Waals surface area contributed by atoms with Crippen molar-refractivity contribution in [2.45, 2.75) is 20.0 Å². The van der Waals surface area contributed by atoms with Crippen molar-refractivity contribution >= 4 is 17.8 Å². The van der Waals surface area contributed by atoms with Crippen LogP contribution in [0.15, 0.2) is 60.7 Å². The van der Waals surface area contributed by atoms with Gasteiger partial charge in [0, 0.05) is 32.7 Å². The summed E-state index contributed by atoms with van der Waals surface area (Å²) in [4.78, 5) is 16.9. The van der Waals surface area contributed by atoms with Gasteiger partial charge in [0.15, 0.2) is 0 Å². The van der Waals surface area contributed by atoms with Crippen molar-refractivity contribution in [1.29, 1.82) is 0 Å². The summed E-state index contributed by atoms with van der Waals surface area (Å²) in [6.45, 7) is 8.04. The molecule has 0 spiro atoms. The Bertz CT molecular complexity index is 781. The molecule has 1 fully saturated rings. The molecular formula is C23H29N3O2. The van der Waals surface area contributed by atoms with Crippen LogP contribution in [-0.4, -0.2) is 54.7 Å². The molecule has 0 saturated carbocycles. The Morgan fingerprint density at radius 3 is 2.43 bits per heavy atom. The average molecular weight is 380 g/mol. The Balaban J connectivity index is 1.47. The highest BCUT2D eigenvalue weighted by molar-refractivity contribution is 5.91. The van der Waals surface area contributed by atoms with Gasteiger partial charge in [0.25, 0.3) is 0 Å². The number of piperazine rings is 1. The molecule has 1 aliphatic rings. The number of amides is 2. The summed E-state index contributed by atoms with van der Waals surface area (Å²) in [5.74, 6) is 0.704. The van der Waals surface area contributed by atoms with Crippen molar-refractivity contribution < 1.29 is 9.53 Å². The van der Waals surface area contributed by atoms with E-state index in [1.807, 2.05) is 61.2 Å². The maximum Gasteiger partial charge on any atom is 0.322 e. The van der Waals surface area contributed by atoms with Crippen molar-refractivity contribution in [1.82, 2.24) is 9.80 Å². The van der Waals surface area contributed by atoms with Crippen molar-refractivity contribution in [2.24, 2.45) is 0 Å². The molecule has 1 N–H and O–H groups in total. The minimum atomic E-state index is -0.0701. The van der Waals surface area contributed by atoms with Gasteiger partial charge in [-0.1, -0.05) is 54.6 Å². The lowest BCUT2D eigenvalue weighted by Crippen LogP contribution is -2.49. The van der Waals surface area contributed by atoms with E-state index in [4.69, 9.17) is 4.74 Å². The summed E-state index contributed by atoms with van der Waals surface area (Å²) in [6.07, 6.45) is 4.39. The predicted molar refractivity (Wildman–Crippen MR) is 115 cm³/mol. The highest BCUT2D eigenvalue weighted by atomic mass is 16.5. The first-order valence-electron chi connectivity index (χ1n) is 9.87. The molecule has 148 valence electrons. The van der Waals surface area contributed by atoms with Crippen molar-refractivity contribution in [3.8, 4) is 5.75 Å². The van der Waals surface area contributed by atoms with E-state index in [2.05, 4.69) is 34.5 Å². The molecule has 28 heavy (non-hydrogen) atoms. The fourth-order valence-electron chi connectivity index (χ4n) is 3.16. The van der Waals surface area contributed by atoms with E-state index in [0.717, 1.165) is 38.4 Å². The largest absolute Gasteiger partial charge is 0.489 e. The number of carbonyl (C=O) groups is 1. The summed E-state index contributed by atoms with van der Waals surface area (Å²) in [5, 5.41) is 2.99. The zero-order valence-corrected chi connectivity index (χ0v) is 16.7. The quantitative estimate of drug-likeness (QED) is 0.812. The van der Waals surface area contributed by atoms with Gasteiger partial charge >= 0.3 is 6.03 Å². The van der Waals surface area contributed by atoms with E-state index >= 15 is 0 Å². The van der Waals surface area contributed by atoms with Gasteiger partial charge in [0.05, 0.1) is 11.8 Å². The van der Waals surface area contributed by atoms with Crippen LogP contribution in [0.5, 0.6) is 5.75 Å². The van der Waals surface area contributed by atoms with Gasteiger partial charge < -0.3 is 15.0 Å². The van der Waals surface area contributed by atoms with E-state index in [-0.39, 0.29) is 12.1 Å². The maximum atomic E-state index is 12.6. The van der Waals surface area contributed by atoms with Crippen molar-refractivity contribution in [2.75, 3.05) is 38.0 Å². The standard InChI is InChI=1S/C23H29N3O2/c1-19(2)28-22-13-7-6-12-21(22)24-23(27)26-17-15-25(16-18-26)14-8-11-20-9-4-3-5-10-20/h3-13,19H,14-18H2,1-2H3,(H,24,27)/b11-8+. The smallest absolute Gasteiger partial charge is 0.322 e. The third kappa shape index (κ3) is 5.86. The van der Waals surface area contributed by atoms with Crippen LogP contribution in [-0.2, 0) is 0 Å². The normalized spacial score (nSPS) is 15.2. The van der Waals surface area contributed by atoms with Gasteiger partial charge in [-0.15, -0.1) is 0 Å². The monoisotopic (exact) mass is 379 g/mol. The number of benzene rings is 2. The molecule has 0 aliphatic carbocycles. The molecule has 1 aliphatic heterocycles. The molecule has 5 nitrogen and oxygen atoms in total. The van der Waals surface area contributed by atoms with Crippen LogP contribution in [0.25, 0.3) is 6.08 Å². The fourth-order valence-corrected chi connectivity index (χ4v) is 3.16. The molecule has 2 amide bonds.